The first kappa shape index (κ1) is 7.58. The van der Waals surface area contributed by atoms with Crippen LogP contribution < -0.4 is 0 Å². The number of hydrogen-bond acceptors (Lipinski definition) is 3. The van der Waals surface area contributed by atoms with Crippen LogP contribution in [0.5, 0.6) is 0 Å². The molecule has 1 unspecified atom stereocenters. The van der Waals surface area contributed by atoms with Gasteiger partial charge < -0.3 is 5.11 Å². The van der Waals surface area contributed by atoms with Gasteiger partial charge in [-0.05, 0) is 0 Å². The van der Waals surface area contributed by atoms with Crippen molar-refractivity contribution in [3.63, 3.8) is 0 Å². The number of aliphatic hydroxyl groups is 1. The van der Waals surface area contributed by atoms with Crippen molar-refractivity contribution in [1.29, 1.82) is 0 Å². The lowest BCUT2D eigenvalue weighted by atomic mass is 10.7. The highest BCUT2D eigenvalue weighted by molar-refractivity contribution is 6.21. The summed E-state index contributed by atoms with van der Waals surface area (Å²) in [5.41, 5.74) is 0. The van der Waals surface area contributed by atoms with Crippen LogP contribution in [0.15, 0.2) is 0 Å². The number of hydrogen-bond donors (Lipinski definition) is 1. The summed E-state index contributed by atoms with van der Waals surface area (Å²) in [5, 5.41) is 14.0. The quantitative estimate of drug-likeness (QED) is 0.258. The Kier molecular flexibility index (Phi) is 2.12. The molecule has 1 N–H and O–H groups in total. The Hall–Kier alpha value is -0.420. The van der Waals surface area contributed by atoms with Gasteiger partial charge >= 0.3 is 5.25 Å². The summed E-state index contributed by atoms with van der Waals surface area (Å²) in [6.07, 6.45) is 0. The minimum Gasteiger partial charge on any atom is -0.384 e. The summed E-state index contributed by atoms with van der Waals surface area (Å²) in [6.45, 7) is -1.32. The zero-order valence-corrected chi connectivity index (χ0v) is 4.43. The van der Waals surface area contributed by atoms with E-state index in [-0.39, 0.29) is 0 Å². The van der Waals surface area contributed by atoms with E-state index in [4.69, 9.17) is 5.11 Å². The predicted molar refractivity (Wildman–Crippen MR) is 23.8 cm³/mol. The molecule has 0 aromatic carbocycles. The Balaban J connectivity index is 3.91. The largest absolute Gasteiger partial charge is 0.460 e. The van der Waals surface area contributed by atoms with Gasteiger partial charge in [-0.15, -0.1) is 4.39 Å². The van der Waals surface area contributed by atoms with Gasteiger partial charge in [0.25, 0.3) is 0 Å². The van der Waals surface area contributed by atoms with Crippen molar-refractivity contribution in [3.8, 4) is 0 Å². The molecule has 0 radical (unpaired) electrons. The molecule has 6 heteroatoms. The summed E-state index contributed by atoms with van der Waals surface area (Å²) in [6, 6.07) is 0. The topological polar surface area (TPSA) is 63.4 Å². The maximum absolute atomic E-state index is 11.8. The first-order chi connectivity index (χ1) is 3.50. The molecule has 0 saturated heterocycles. The zero-order chi connectivity index (χ0) is 6.78. The normalized spacial score (nSPS) is 17.4. The van der Waals surface area contributed by atoms with Crippen molar-refractivity contribution in [2.75, 3.05) is 6.61 Å². The van der Waals surface area contributed by atoms with Crippen molar-refractivity contribution in [2.45, 2.75) is 5.25 Å². The van der Waals surface area contributed by atoms with E-state index >= 15 is 0 Å². The minimum atomic E-state index is -3.21. The second kappa shape index (κ2) is 2.23. The van der Waals surface area contributed by atoms with Gasteiger partial charge in [-0.25, -0.2) is 0 Å². The van der Waals surface area contributed by atoms with Gasteiger partial charge in [-0.1, -0.05) is 0 Å². The molecule has 0 aliphatic carbocycles. The third-order valence-electron chi connectivity index (χ3n) is 0.457. The van der Waals surface area contributed by atoms with E-state index in [1.807, 2.05) is 0 Å². The fourth-order valence-electron chi connectivity index (χ4n) is 0.0577. The van der Waals surface area contributed by atoms with Gasteiger partial charge in [-0.3, -0.25) is 10.1 Å². The molecule has 0 fully saturated rings. The first-order valence-corrected chi connectivity index (χ1v) is 2.01. The molecular formula is C2H3ClFNO3. The van der Waals surface area contributed by atoms with Crippen molar-refractivity contribution in [2.24, 2.45) is 0 Å². The lowest BCUT2D eigenvalue weighted by Crippen LogP contribution is -2.30. The SMILES string of the molecule is O=[N+]([O-])C(F)(Cl)CO. The molecule has 0 amide bonds. The maximum Gasteiger partial charge on any atom is 0.460 e. The van der Waals surface area contributed by atoms with E-state index in [2.05, 4.69) is 11.6 Å². The molecule has 0 bridgehead atoms. The Bertz CT molecular complexity index is 105. The van der Waals surface area contributed by atoms with E-state index < -0.39 is 16.8 Å². The molecule has 1 atom stereocenters. The Labute approximate surface area is 49.0 Å². The van der Waals surface area contributed by atoms with Gasteiger partial charge in [-0.2, -0.15) is 0 Å². The van der Waals surface area contributed by atoms with Crippen LogP contribution in [0.3, 0.4) is 0 Å². The van der Waals surface area contributed by atoms with Crippen molar-refractivity contribution >= 4 is 11.6 Å². The molecule has 4 nitrogen and oxygen atoms in total. The lowest BCUT2D eigenvalue weighted by Gasteiger charge is -2.01. The predicted octanol–water partition coefficient (Wildman–Crippen LogP) is 0.117. The second-order valence-electron chi connectivity index (χ2n) is 1.08. The highest BCUT2D eigenvalue weighted by atomic mass is 35.5. The Morgan fingerprint density at radius 1 is 2.00 bits per heavy atom. The van der Waals surface area contributed by atoms with Crippen LogP contribution in [0.2, 0.25) is 0 Å². The molecule has 0 aromatic rings. The van der Waals surface area contributed by atoms with Crippen LogP contribution in [0.4, 0.5) is 4.39 Å². The van der Waals surface area contributed by atoms with Gasteiger partial charge in [0.1, 0.15) is 0 Å². The third-order valence-corrected chi connectivity index (χ3v) is 0.715. The number of alkyl halides is 2. The number of nitro groups is 1. The molecule has 0 heterocycles. The summed E-state index contributed by atoms with van der Waals surface area (Å²) in [5.74, 6) is 0. The van der Waals surface area contributed by atoms with Crippen LogP contribution in [-0.4, -0.2) is 21.9 Å². The summed E-state index contributed by atoms with van der Waals surface area (Å²) < 4.78 is 11.8. The fourth-order valence-corrected chi connectivity index (χ4v) is 0.0577. The van der Waals surface area contributed by atoms with E-state index in [1.165, 1.54) is 0 Å². The number of nitrogens with zero attached hydrogens (tertiary/aromatic N) is 1. The van der Waals surface area contributed by atoms with Gasteiger partial charge in [0.05, 0.1) is 4.92 Å². The van der Waals surface area contributed by atoms with Crippen molar-refractivity contribution < 1.29 is 14.4 Å². The molecule has 0 aliphatic rings. The minimum absolute atomic E-state index is 1.32. The molecule has 0 spiro atoms. The summed E-state index contributed by atoms with van der Waals surface area (Å²) >= 11 is 4.44. The number of halogens is 2. The van der Waals surface area contributed by atoms with Crippen LogP contribution in [-0.2, 0) is 0 Å². The molecule has 8 heavy (non-hydrogen) atoms. The average molecular weight is 144 g/mol. The monoisotopic (exact) mass is 143 g/mol. The van der Waals surface area contributed by atoms with E-state index in [0.717, 1.165) is 0 Å². The van der Waals surface area contributed by atoms with Gasteiger partial charge in [0.15, 0.2) is 6.61 Å². The number of rotatable bonds is 2. The maximum atomic E-state index is 11.8. The molecule has 48 valence electrons. The second-order valence-corrected chi connectivity index (χ2v) is 1.66. The highest BCUT2D eigenvalue weighted by Gasteiger charge is 2.39. The van der Waals surface area contributed by atoms with Crippen molar-refractivity contribution in [1.82, 2.24) is 0 Å². The first-order valence-electron chi connectivity index (χ1n) is 1.64. The highest BCUT2D eigenvalue weighted by Crippen LogP contribution is 2.15. The molecule has 0 aliphatic heterocycles. The van der Waals surface area contributed by atoms with Crippen LogP contribution >= 0.6 is 11.6 Å². The van der Waals surface area contributed by atoms with E-state index in [1.54, 1.807) is 0 Å². The lowest BCUT2D eigenvalue weighted by molar-refractivity contribution is -0.578. The van der Waals surface area contributed by atoms with Gasteiger partial charge in [0.2, 0.25) is 0 Å². The number of aliphatic hydroxyl groups excluding tert-OH is 1. The Morgan fingerprint density at radius 2 is 2.38 bits per heavy atom. The summed E-state index contributed by atoms with van der Waals surface area (Å²) in [7, 11) is 0. The fraction of sp³-hybridized carbons (Fsp3) is 1.00. The Morgan fingerprint density at radius 3 is 2.38 bits per heavy atom. The molecular weight excluding hydrogens is 140 g/mol. The molecule has 0 aromatic heterocycles. The average Bonchev–Trinajstić information content (AvgIpc) is 1.67. The summed E-state index contributed by atoms with van der Waals surface area (Å²) in [4.78, 5) is 7.98. The van der Waals surface area contributed by atoms with Gasteiger partial charge in [0, 0.05) is 11.6 Å². The third kappa shape index (κ3) is 1.59. The molecule has 0 rings (SSSR count). The smallest absolute Gasteiger partial charge is 0.384 e. The molecule has 0 saturated carbocycles. The van der Waals surface area contributed by atoms with Crippen LogP contribution in [0.25, 0.3) is 0 Å². The van der Waals surface area contributed by atoms with E-state index in [0.29, 0.717) is 0 Å². The van der Waals surface area contributed by atoms with Crippen LogP contribution in [0, 0.1) is 10.1 Å². The zero-order valence-electron chi connectivity index (χ0n) is 3.67. The van der Waals surface area contributed by atoms with Crippen molar-refractivity contribution in [3.05, 3.63) is 10.1 Å². The van der Waals surface area contributed by atoms with Crippen LogP contribution in [0.1, 0.15) is 0 Å². The standard InChI is InChI=1S/C2H3ClFNO3/c3-2(4,1-6)5(7)8/h6H,1H2. The van der Waals surface area contributed by atoms with E-state index in [9.17, 15) is 14.5 Å².